The molecule has 0 bridgehead atoms. The first-order valence-corrected chi connectivity index (χ1v) is 0.408. The van der Waals surface area contributed by atoms with Gasteiger partial charge in [-0.05, 0) is 0 Å². The van der Waals surface area contributed by atoms with Crippen molar-refractivity contribution in [1.82, 2.24) is 0 Å². The molecule has 0 aromatic rings. The quantitative estimate of drug-likeness (QED) is 0.140. The molecule has 0 aliphatic heterocycles. The van der Waals surface area contributed by atoms with Crippen molar-refractivity contribution in [3.63, 3.8) is 0 Å². The van der Waals surface area contributed by atoms with Crippen molar-refractivity contribution in [1.29, 1.82) is 0 Å². The molecule has 0 saturated carbocycles. The Morgan fingerprint density at radius 2 is 1.60 bits per heavy atom. The van der Waals surface area contributed by atoms with Gasteiger partial charge >= 0.3 is 29.6 Å². The zero-order valence-corrected chi connectivity index (χ0v) is 5.32. The molecule has 0 aliphatic carbocycles. The molecule has 1 N–H and O–H groups in total. The molecule has 0 aromatic heterocycles. The summed E-state index contributed by atoms with van der Waals surface area (Å²) in [5.74, 6) is 0. The predicted octanol–water partition coefficient (Wildman–Crippen LogP) is -4.21. The van der Waals surface area contributed by atoms with Gasteiger partial charge in [-0.15, -0.1) is 0 Å². The Balaban J connectivity index is -0.0000000200. The van der Waals surface area contributed by atoms with E-state index in [0.717, 1.165) is 0 Å². The number of nitrogens with one attached hydrogen (secondary N) is 1. The summed E-state index contributed by atoms with van der Waals surface area (Å²) in [6, 6.07) is 0. The van der Waals surface area contributed by atoms with Gasteiger partial charge < -0.3 is 7.43 Å². The third-order valence-electron chi connectivity index (χ3n) is 0. The smallest absolute Gasteiger partial charge is 0.358 e. The predicted molar refractivity (Wildman–Crippen MR) is 14.1 cm³/mol. The largest absolute Gasteiger partial charge is 1.00 e. The Kier molecular flexibility index (Phi) is 94.2. The third-order valence-corrected chi connectivity index (χ3v) is 0. The van der Waals surface area contributed by atoms with E-state index in [-0.39, 0.29) is 42.3 Å². The average Bonchev–Trinajstić information content (AvgIpc) is 0.918. The molecular weight excluding hydrogens is 81.0 g/mol. The van der Waals surface area contributed by atoms with Crippen LogP contribution >= 0.6 is 0 Å². The van der Waals surface area contributed by atoms with E-state index in [1.54, 1.807) is 0 Å². The Morgan fingerprint density at radius 3 is 1.60 bits per heavy atom. The molecule has 0 amide bonds. The molecule has 0 spiro atoms. The maximum Gasteiger partial charge on any atom is 1.00 e. The van der Waals surface area contributed by atoms with Crippen molar-refractivity contribution in [2.45, 2.75) is 0 Å². The monoisotopic (exact) mass is 85.0 g/mol. The Hall–Kier alpha value is 0.400. The zero-order valence-electron chi connectivity index (χ0n) is 3.32. The number of rotatable bonds is 0. The summed E-state index contributed by atoms with van der Waals surface area (Å²) in [6.07, 6.45) is 0. The van der Waals surface area contributed by atoms with E-state index in [9.17, 15) is 0 Å². The zero-order chi connectivity index (χ0) is 2.71. The van der Waals surface area contributed by atoms with E-state index in [2.05, 4.69) is 0 Å². The molecule has 0 saturated heterocycles. The van der Waals surface area contributed by atoms with Gasteiger partial charge in [0.1, 0.15) is 0 Å². The van der Waals surface area contributed by atoms with Crippen LogP contribution < -0.4 is 34.9 Å². The van der Waals surface area contributed by atoms with Crippen molar-refractivity contribution in [3.05, 3.63) is 17.5 Å². The van der Waals surface area contributed by atoms with Crippen LogP contribution in [0.1, 0.15) is 0 Å². The summed E-state index contributed by atoms with van der Waals surface area (Å²) >= 11 is 0. The van der Waals surface area contributed by atoms with Crippen LogP contribution in [0.15, 0.2) is 0 Å². The van der Waals surface area contributed by atoms with Crippen LogP contribution in [0.25, 0.3) is 0 Å². The van der Waals surface area contributed by atoms with Crippen LogP contribution in [0, 0.1) is 17.5 Å². The van der Waals surface area contributed by atoms with Crippen LogP contribution in [0.2, 0.25) is 0 Å². The van der Waals surface area contributed by atoms with Crippen molar-refractivity contribution < 1.29 is 34.9 Å². The summed E-state index contributed by atoms with van der Waals surface area (Å²) in [6.45, 7) is 0. The van der Waals surface area contributed by atoms with Crippen LogP contribution in [0.4, 0.5) is 0 Å². The Bertz CT molecular complexity index is 17.1. The standard InChI is InChI=1S/CH3.HNO2.Na/c;2-1-3;/h1H3;1H;/q-1;;+1. The summed E-state index contributed by atoms with van der Waals surface area (Å²) < 4.78 is 0. The first kappa shape index (κ1) is 18.2. The fourth-order valence-electron chi connectivity index (χ4n) is 0. The van der Waals surface area contributed by atoms with Crippen molar-refractivity contribution in [3.8, 4) is 0 Å². The summed E-state index contributed by atoms with van der Waals surface area (Å²) in [5, 5.41) is 8.38. The average molecular weight is 85.0 g/mol. The van der Waals surface area contributed by atoms with Crippen LogP contribution in [0.3, 0.4) is 0 Å². The summed E-state index contributed by atoms with van der Waals surface area (Å²) in [7, 11) is 0. The molecule has 0 radical (unpaired) electrons. The molecule has 0 rings (SSSR count). The fourth-order valence-corrected chi connectivity index (χ4v) is 0. The normalized spacial score (nSPS) is 2.40. The molecule has 26 valence electrons. The van der Waals surface area contributed by atoms with E-state index in [1.165, 1.54) is 0 Å². The second kappa shape index (κ2) is 26.0. The van der Waals surface area contributed by atoms with Gasteiger partial charge in [-0.3, -0.25) is 10.1 Å². The third kappa shape index (κ3) is 158. The van der Waals surface area contributed by atoms with Gasteiger partial charge in [0, 0.05) is 5.34 Å². The van der Waals surface area contributed by atoms with E-state index < -0.39 is 0 Å². The van der Waals surface area contributed by atoms with Gasteiger partial charge in [0.25, 0.3) is 0 Å². The second-order valence-corrected chi connectivity index (χ2v) is 0.0833. The van der Waals surface area contributed by atoms with Gasteiger partial charge in [0.15, 0.2) is 0 Å². The van der Waals surface area contributed by atoms with Crippen molar-refractivity contribution in [2.24, 2.45) is 0 Å². The van der Waals surface area contributed by atoms with Gasteiger partial charge in [0.2, 0.25) is 0 Å². The number of hydrogen-bond acceptors (Lipinski definition) is 2. The Labute approximate surface area is 52.6 Å². The van der Waals surface area contributed by atoms with Crippen molar-refractivity contribution in [2.75, 3.05) is 0 Å². The van der Waals surface area contributed by atoms with E-state index in [1.807, 2.05) is 0 Å². The first-order chi connectivity index (χ1) is 1.41. The van der Waals surface area contributed by atoms with Crippen molar-refractivity contribution >= 4 is 0 Å². The van der Waals surface area contributed by atoms with Gasteiger partial charge in [0.05, 0.1) is 0 Å². The molecule has 4 heteroatoms. The molecule has 0 heterocycles. The van der Waals surface area contributed by atoms with Gasteiger partial charge in [-0.1, -0.05) is 0 Å². The summed E-state index contributed by atoms with van der Waals surface area (Å²) in [4.78, 5) is 8.12. The second-order valence-electron chi connectivity index (χ2n) is 0.0833. The SMILES string of the molecule is O=[NH+][O-].[CH3-].[Na+]. The minimum Gasteiger partial charge on any atom is -0.358 e. The fraction of sp³-hybridized carbons (Fsp3) is 0. The van der Waals surface area contributed by atoms with Gasteiger partial charge in [-0.2, -0.15) is 0 Å². The molecule has 0 aliphatic rings. The van der Waals surface area contributed by atoms with E-state index in [0.29, 0.717) is 0 Å². The van der Waals surface area contributed by atoms with E-state index in [4.69, 9.17) is 10.1 Å². The maximum atomic E-state index is 8.12. The van der Waals surface area contributed by atoms with Crippen LogP contribution in [-0.2, 0) is 0 Å². The van der Waals surface area contributed by atoms with E-state index >= 15 is 0 Å². The molecule has 5 heavy (non-hydrogen) atoms. The number of hydrogen-bond donors (Lipinski definition) is 1. The molecule has 3 nitrogen and oxygen atoms in total. The summed E-state index contributed by atoms with van der Waals surface area (Å²) in [5.41, 5.74) is 0. The molecule has 0 fully saturated rings. The molecule has 0 unspecified atom stereocenters. The van der Waals surface area contributed by atoms with Crippen LogP contribution in [-0.4, -0.2) is 0 Å². The first-order valence-electron chi connectivity index (χ1n) is 0.408. The molecular formula is CH4NNaO2. The Morgan fingerprint density at radius 1 is 1.60 bits per heavy atom. The minimum absolute atomic E-state index is 0. The maximum absolute atomic E-state index is 8.12. The van der Waals surface area contributed by atoms with Crippen LogP contribution in [0.5, 0.6) is 0 Å². The molecule has 0 aromatic carbocycles. The molecule has 0 atom stereocenters. The van der Waals surface area contributed by atoms with Gasteiger partial charge in [-0.25, -0.2) is 0 Å². The topological polar surface area (TPSA) is 54.1 Å². The minimum atomic E-state index is 0.